The van der Waals surface area contributed by atoms with Gasteiger partial charge < -0.3 is 19.7 Å². The average Bonchev–Trinajstić information content (AvgIpc) is 2.41. The minimum atomic E-state index is -2.35. The first-order chi connectivity index (χ1) is 7.94. The van der Waals surface area contributed by atoms with E-state index in [2.05, 4.69) is 0 Å². The zero-order valence-corrected chi connectivity index (χ0v) is 13.0. The van der Waals surface area contributed by atoms with Crippen molar-refractivity contribution in [2.45, 2.75) is 63.0 Å². The quantitative estimate of drug-likeness (QED) is 0.656. The molecule has 0 aliphatic carbocycles. The van der Waals surface area contributed by atoms with Gasteiger partial charge in [0.15, 0.2) is 8.32 Å². The maximum Gasteiger partial charge on any atom is 0.188 e. The first-order valence-electron chi connectivity index (χ1n) is 6.39. The van der Waals surface area contributed by atoms with Crippen LogP contribution in [-0.2, 0) is 4.74 Å². The van der Waals surface area contributed by atoms with E-state index in [1.54, 1.807) is 6.92 Å². The molecule has 1 unspecified atom stereocenters. The van der Waals surface area contributed by atoms with Crippen molar-refractivity contribution < 1.29 is 19.7 Å². The maximum absolute atomic E-state index is 10.3. The van der Waals surface area contributed by atoms with Crippen LogP contribution in [0.2, 0.25) is 18.1 Å². The van der Waals surface area contributed by atoms with Gasteiger partial charge in [0, 0.05) is 11.9 Å². The summed E-state index contributed by atoms with van der Waals surface area (Å²) in [6.45, 7) is 9.14. The fraction of sp³-hybridized carbons (Fsp3) is 1.00. The summed E-state index contributed by atoms with van der Waals surface area (Å²) in [4.78, 5) is 10.3. The molecule has 0 aromatic rings. The molecule has 0 bridgehead atoms. The first kappa shape index (κ1) is 16.2. The summed E-state index contributed by atoms with van der Waals surface area (Å²) in [7, 11) is 3.56. The Hall–Kier alpha value is 0.122. The topological polar surface area (TPSA) is 69.9 Å². The van der Waals surface area contributed by atoms with E-state index in [1.807, 2.05) is 26.9 Å². The highest BCUT2D eigenvalue weighted by Crippen LogP contribution is 2.47. The summed E-state index contributed by atoms with van der Waals surface area (Å²) in [6.07, 6.45) is -0.228. The Balaban J connectivity index is 2.86. The van der Waals surface area contributed by atoms with Crippen LogP contribution in [0.5, 0.6) is 0 Å². The summed E-state index contributed by atoms with van der Waals surface area (Å²) in [5.41, 5.74) is -0.999. The molecule has 0 saturated carbocycles. The molecule has 1 rings (SSSR count). The number of aliphatic hydroxyl groups excluding tert-OH is 2. The molecule has 6 heteroatoms. The normalized spacial score (nSPS) is 38.1. The Labute approximate surface area is 112 Å². The van der Waals surface area contributed by atoms with Gasteiger partial charge in [-0.15, -0.1) is 0 Å². The lowest BCUT2D eigenvalue weighted by molar-refractivity contribution is -0.0850. The SMILES string of the molecule is [B][C@@H]1O[C@](C)(CO)C(O)[C@@H]1CC(C)(C)[Si](C)(C)O. The molecule has 0 aromatic heterocycles. The molecule has 1 saturated heterocycles. The van der Waals surface area contributed by atoms with Gasteiger partial charge in [-0.3, -0.25) is 0 Å². The predicted octanol–water partition coefficient (Wildman–Crippen LogP) is 0.607. The summed E-state index contributed by atoms with van der Waals surface area (Å²) >= 11 is 0. The van der Waals surface area contributed by atoms with Gasteiger partial charge in [-0.05, 0) is 31.5 Å². The molecule has 1 aliphatic heterocycles. The Kier molecular flexibility index (Phi) is 4.41. The highest BCUT2D eigenvalue weighted by molar-refractivity contribution is 6.72. The minimum Gasteiger partial charge on any atom is -0.432 e. The summed E-state index contributed by atoms with van der Waals surface area (Å²) < 4.78 is 5.49. The number of aliphatic hydroxyl groups is 2. The fourth-order valence-corrected chi connectivity index (χ4v) is 3.03. The Morgan fingerprint density at radius 3 is 2.22 bits per heavy atom. The highest BCUT2D eigenvalue weighted by atomic mass is 28.4. The zero-order valence-electron chi connectivity index (χ0n) is 12.0. The molecule has 0 spiro atoms. The van der Waals surface area contributed by atoms with E-state index < -0.39 is 26.0 Å². The van der Waals surface area contributed by atoms with Crippen LogP contribution < -0.4 is 0 Å². The standard InChI is InChI=1S/C12H25BO4Si/c1-11(2,18(4,5)16)6-8-9(15)12(3,7-14)17-10(8)13/h8-10,14-16H,6-7H2,1-5H3/t8-,9?,10+,12+/m0/s1. The van der Waals surface area contributed by atoms with Crippen LogP contribution in [0.15, 0.2) is 0 Å². The molecule has 3 N–H and O–H groups in total. The van der Waals surface area contributed by atoms with Crippen molar-refractivity contribution in [1.29, 1.82) is 0 Å². The third-order valence-corrected chi connectivity index (χ3v) is 8.09. The maximum atomic E-state index is 10.3. The van der Waals surface area contributed by atoms with E-state index in [0.717, 1.165) is 0 Å². The molecule has 0 aromatic carbocycles. The average molecular weight is 272 g/mol. The van der Waals surface area contributed by atoms with E-state index in [-0.39, 0.29) is 17.6 Å². The third kappa shape index (κ3) is 2.83. The van der Waals surface area contributed by atoms with Crippen LogP contribution in [0.3, 0.4) is 0 Å². The summed E-state index contributed by atoms with van der Waals surface area (Å²) in [5, 5.41) is 19.3. The van der Waals surface area contributed by atoms with Crippen molar-refractivity contribution in [3.63, 3.8) is 0 Å². The number of rotatable bonds is 4. The fourth-order valence-electron chi connectivity index (χ4n) is 2.30. The zero-order chi connectivity index (χ0) is 14.4. The molecule has 4 atom stereocenters. The highest BCUT2D eigenvalue weighted by Gasteiger charge is 2.52. The van der Waals surface area contributed by atoms with Crippen LogP contribution in [0, 0.1) is 5.92 Å². The molecule has 1 heterocycles. The van der Waals surface area contributed by atoms with Crippen LogP contribution in [0.1, 0.15) is 27.2 Å². The lowest BCUT2D eigenvalue weighted by Gasteiger charge is -2.38. The Bertz CT molecular complexity index is 305. The van der Waals surface area contributed by atoms with E-state index in [0.29, 0.717) is 6.42 Å². The predicted molar refractivity (Wildman–Crippen MR) is 74.0 cm³/mol. The van der Waals surface area contributed by atoms with Crippen LogP contribution >= 0.6 is 0 Å². The van der Waals surface area contributed by atoms with Crippen molar-refractivity contribution in [1.82, 2.24) is 0 Å². The Morgan fingerprint density at radius 2 is 1.89 bits per heavy atom. The molecular formula is C12H25BO4Si. The van der Waals surface area contributed by atoms with E-state index in [4.69, 9.17) is 12.6 Å². The van der Waals surface area contributed by atoms with Crippen molar-refractivity contribution >= 4 is 16.2 Å². The van der Waals surface area contributed by atoms with Gasteiger partial charge in [0.05, 0.1) is 12.7 Å². The van der Waals surface area contributed by atoms with Gasteiger partial charge in [-0.2, -0.15) is 0 Å². The molecule has 1 aliphatic rings. The molecule has 0 amide bonds. The second-order valence-corrected chi connectivity index (χ2v) is 11.3. The summed E-state index contributed by atoms with van der Waals surface area (Å²) in [6, 6.07) is -0.604. The number of ether oxygens (including phenoxy) is 1. The van der Waals surface area contributed by atoms with Gasteiger partial charge in [0.25, 0.3) is 0 Å². The molecule has 4 nitrogen and oxygen atoms in total. The van der Waals surface area contributed by atoms with Crippen LogP contribution in [0.25, 0.3) is 0 Å². The molecule has 104 valence electrons. The van der Waals surface area contributed by atoms with Crippen LogP contribution in [0.4, 0.5) is 0 Å². The number of hydrogen-bond donors (Lipinski definition) is 3. The first-order valence-corrected chi connectivity index (χ1v) is 9.34. The molecule has 18 heavy (non-hydrogen) atoms. The van der Waals surface area contributed by atoms with Gasteiger partial charge in [0.2, 0.25) is 0 Å². The van der Waals surface area contributed by atoms with E-state index >= 15 is 0 Å². The molecule has 2 radical (unpaired) electrons. The second kappa shape index (κ2) is 4.90. The van der Waals surface area contributed by atoms with Gasteiger partial charge in [-0.1, -0.05) is 13.8 Å². The van der Waals surface area contributed by atoms with Crippen molar-refractivity contribution in [2.75, 3.05) is 6.61 Å². The molecule has 1 fully saturated rings. The lowest BCUT2D eigenvalue weighted by atomic mass is 9.77. The van der Waals surface area contributed by atoms with Gasteiger partial charge >= 0.3 is 0 Å². The molecular weight excluding hydrogens is 247 g/mol. The van der Waals surface area contributed by atoms with Gasteiger partial charge in [-0.25, -0.2) is 0 Å². The lowest BCUT2D eigenvalue weighted by Crippen LogP contribution is -2.45. The second-order valence-electron chi connectivity index (χ2n) is 6.81. The monoisotopic (exact) mass is 272 g/mol. The van der Waals surface area contributed by atoms with Crippen LogP contribution in [-0.4, -0.2) is 55.5 Å². The van der Waals surface area contributed by atoms with Crippen molar-refractivity contribution in [3.05, 3.63) is 0 Å². The minimum absolute atomic E-state index is 0.265. The largest absolute Gasteiger partial charge is 0.432 e. The van der Waals surface area contributed by atoms with E-state index in [9.17, 15) is 15.0 Å². The summed E-state index contributed by atoms with van der Waals surface area (Å²) in [5.74, 6) is -0.268. The number of hydrogen-bond acceptors (Lipinski definition) is 4. The van der Waals surface area contributed by atoms with Crippen molar-refractivity contribution in [3.8, 4) is 0 Å². The van der Waals surface area contributed by atoms with E-state index in [1.165, 1.54) is 0 Å². The Morgan fingerprint density at radius 1 is 1.39 bits per heavy atom. The van der Waals surface area contributed by atoms with Crippen molar-refractivity contribution in [2.24, 2.45) is 5.92 Å². The third-order valence-electron chi connectivity index (χ3n) is 4.57. The smallest absolute Gasteiger partial charge is 0.188 e. The van der Waals surface area contributed by atoms with Gasteiger partial charge in [0.1, 0.15) is 13.4 Å².